The minimum atomic E-state index is 0.395. The number of hydrogen-bond acceptors (Lipinski definition) is 4. The number of hydrogen-bond donors (Lipinski definition) is 1. The van der Waals surface area contributed by atoms with Crippen molar-refractivity contribution in [3.63, 3.8) is 0 Å². The Morgan fingerprint density at radius 3 is 2.50 bits per heavy atom. The van der Waals surface area contributed by atoms with Gasteiger partial charge in [-0.2, -0.15) is 0 Å². The minimum absolute atomic E-state index is 0.395. The predicted octanol–water partition coefficient (Wildman–Crippen LogP) is 3.04. The summed E-state index contributed by atoms with van der Waals surface area (Å²) in [5.74, 6) is 2.24. The van der Waals surface area contributed by atoms with Crippen molar-refractivity contribution >= 4 is 28.2 Å². The van der Waals surface area contributed by atoms with Gasteiger partial charge < -0.3 is 19.8 Å². The van der Waals surface area contributed by atoms with Gasteiger partial charge in [0.25, 0.3) is 0 Å². The lowest BCUT2D eigenvalue weighted by molar-refractivity contribution is 0.355. The number of aromatic nitrogens is 2. The first-order chi connectivity index (χ1) is 11.5. The lowest BCUT2D eigenvalue weighted by Gasteiger charge is -2.12. The molecular weight excluding hydrogens is 322 g/mol. The van der Waals surface area contributed by atoms with Gasteiger partial charge in [0.2, 0.25) is 0 Å². The molecule has 0 unspecified atom stereocenters. The van der Waals surface area contributed by atoms with E-state index < -0.39 is 0 Å². The maximum atomic E-state index is 5.85. The number of ether oxygens (including phenoxy) is 2. The minimum Gasteiger partial charge on any atom is -0.493 e. The molecule has 3 rings (SSSR count). The van der Waals surface area contributed by atoms with Crippen LogP contribution in [0.3, 0.4) is 0 Å². The number of thiocarbonyl (C=S) groups is 1. The maximum absolute atomic E-state index is 5.85. The molecule has 1 heterocycles. The van der Waals surface area contributed by atoms with E-state index in [1.54, 1.807) is 14.2 Å². The summed E-state index contributed by atoms with van der Waals surface area (Å²) in [5, 5.41) is 0. The van der Waals surface area contributed by atoms with Crippen LogP contribution in [-0.2, 0) is 6.54 Å². The molecule has 0 bridgehead atoms. The second-order valence-corrected chi connectivity index (χ2v) is 5.90. The van der Waals surface area contributed by atoms with Crippen LogP contribution in [0.4, 0.5) is 0 Å². The summed E-state index contributed by atoms with van der Waals surface area (Å²) in [6.07, 6.45) is 0. The summed E-state index contributed by atoms with van der Waals surface area (Å²) in [6.45, 7) is 2.60. The van der Waals surface area contributed by atoms with Crippen LogP contribution in [0.15, 0.2) is 36.4 Å². The van der Waals surface area contributed by atoms with E-state index in [0.717, 1.165) is 28.0 Å². The molecule has 0 fully saturated rings. The molecule has 0 saturated carbocycles. The number of fused-ring (bicyclic) bond motifs is 1. The fourth-order valence-electron chi connectivity index (χ4n) is 2.84. The maximum Gasteiger partial charge on any atom is 0.163 e. The Balaban J connectivity index is 2.13. The van der Waals surface area contributed by atoms with Gasteiger partial charge in [-0.25, -0.2) is 4.98 Å². The summed E-state index contributed by atoms with van der Waals surface area (Å²) >= 11 is 5.16. The summed E-state index contributed by atoms with van der Waals surface area (Å²) in [7, 11) is 3.24. The van der Waals surface area contributed by atoms with Gasteiger partial charge in [-0.3, -0.25) is 0 Å². The number of benzene rings is 2. The third-order valence-corrected chi connectivity index (χ3v) is 4.28. The van der Waals surface area contributed by atoms with Gasteiger partial charge in [0, 0.05) is 17.7 Å². The molecule has 0 spiro atoms. The number of aryl methyl sites for hydroxylation is 1. The summed E-state index contributed by atoms with van der Waals surface area (Å²) in [4.78, 5) is 5.03. The molecule has 2 N–H and O–H groups in total. The monoisotopic (exact) mass is 341 g/mol. The normalized spacial score (nSPS) is 10.8. The highest BCUT2D eigenvalue weighted by molar-refractivity contribution is 7.80. The molecule has 0 atom stereocenters. The fraction of sp³-hybridized carbons (Fsp3) is 0.222. The lowest BCUT2D eigenvalue weighted by Crippen LogP contribution is -2.14. The van der Waals surface area contributed by atoms with Crippen molar-refractivity contribution in [2.24, 2.45) is 5.73 Å². The first-order valence-electron chi connectivity index (χ1n) is 7.51. The second kappa shape index (κ2) is 6.49. The first-order valence-corrected chi connectivity index (χ1v) is 7.92. The molecule has 0 aliphatic rings. The summed E-state index contributed by atoms with van der Waals surface area (Å²) in [5.41, 5.74) is 9.62. The van der Waals surface area contributed by atoms with Crippen molar-refractivity contribution in [2.75, 3.05) is 14.2 Å². The molecule has 0 aliphatic heterocycles. The number of imidazole rings is 1. The van der Waals surface area contributed by atoms with Crippen LogP contribution in [0.1, 0.15) is 17.0 Å². The van der Waals surface area contributed by atoms with Crippen LogP contribution in [0, 0.1) is 6.92 Å². The molecule has 0 radical (unpaired) electrons. The molecule has 5 nitrogen and oxygen atoms in total. The zero-order chi connectivity index (χ0) is 17.3. The van der Waals surface area contributed by atoms with Crippen LogP contribution in [-0.4, -0.2) is 28.8 Å². The second-order valence-electron chi connectivity index (χ2n) is 5.46. The average molecular weight is 341 g/mol. The topological polar surface area (TPSA) is 62.3 Å². The number of nitrogens with two attached hydrogens (primary N) is 1. The highest BCUT2D eigenvalue weighted by Crippen LogP contribution is 2.32. The Morgan fingerprint density at radius 1 is 1.17 bits per heavy atom. The number of nitrogens with zero attached hydrogens (tertiary/aromatic N) is 2. The van der Waals surface area contributed by atoms with Crippen molar-refractivity contribution in [1.29, 1.82) is 0 Å². The molecule has 0 amide bonds. The Kier molecular flexibility index (Phi) is 4.40. The van der Waals surface area contributed by atoms with Gasteiger partial charge in [-0.05, 0) is 12.5 Å². The van der Waals surface area contributed by atoms with Gasteiger partial charge >= 0.3 is 0 Å². The van der Waals surface area contributed by atoms with Crippen molar-refractivity contribution < 1.29 is 9.47 Å². The van der Waals surface area contributed by atoms with E-state index in [1.807, 2.05) is 43.3 Å². The van der Waals surface area contributed by atoms with E-state index in [-0.39, 0.29) is 0 Å². The quantitative estimate of drug-likeness (QED) is 0.723. The highest BCUT2D eigenvalue weighted by atomic mass is 32.1. The molecular formula is C18H19N3O2S. The zero-order valence-corrected chi connectivity index (χ0v) is 14.7. The van der Waals surface area contributed by atoms with Gasteiger partial charge in [-0.1, -0.05) is 36.5 Å². The van der Waals surface area contributed by atoms with E-state index in [9.17, 15) is 0 Å². The van der Waals surface area contributed by atoms with Gasteiger partial charge in [0.15, 0.2) is 11.5 Å². The van der Waals surface area contributed by atoms with Crippen LogP contribution in [0.5, 0.6) is 11.5 Å². The third kappa shape index (κ3) is 2.80. The molecule has 6 heteroatoms. The van der Waals surface area contributed by atoms with Crippen molar-refractivity contribution in [3.05, 3.63) is 53.3 Å². The molecule has 2 aromatic carbocycles. The van der Waals surface area contributed by atoms with Crippen molar-refractivity contribution in [2.45, 2.75) is 13.5 Å². The van der Waals surface area contributed by atoms with Crippen molar-refractivity contribution in [1.82, 2.24) is 9.55 Å². The van der Waals surface area contributed by atoms with E-state index in [2.05, 4.69) is 9.55 Å². The molecule has 124 valence electrons. The van der Waals surface area contributed by atoms with Crippen molar-refractivity contribution in [3.8, 4) is 11.5 Å². The van der Waals surface area contributed by atoms with E-state index in [4.69, 9.17) is 27.4 Å². The largest absolute Gasteiger partial charge is 0.493 e. The highest BCUT2D eigenvalue weighted by Gasteiger charge is 2.14. The van der Waals surface area contributed by atoms with Gasteiger partial charge in [-0.15, -0.1) is 0 Å². The number of rotatable bonds is 5. The van der Waals surface area contributed by atoms with Gasteiger partial charge in [0.1, 0.15) is 10.8 Å². The molecule has 0 aliphatic carbocycles. The SMILES string of the molecule is COc1cc2nc(C)n(Cc3ccccc3C(N)=S)c2cc1OC. The standard InChI is InChI=1S/C18H19N3O2S/c1-11-20-14-8-16(22-2)17(23-3)9-15(14)21(11)10-12-6-4-5-7-13(12)18(19)24/h4-9H,10H2,1-3H3,(H2,19,24). The lowest BCUT2D eigenvalue weighted by atomic mass is 10.1. The van der Waals surface area contributed by atoms with E-state index >= 15 is 0 Å². The van der Waals surface area contributed by atoms with Crippen LogP contribution < -0.4 is 15.2 Å². The molecule has 24 heavy (non-hydrogen) atoms. The number of methoxy groups -OCH3 is 2. The third-order valence-electron chi connectivity index (χ3n) is 4.06. The summed E-state index contributed by atoms with van der Waals surface area (Å²) < 4.78 is 12.9. The zero-order valence-electron chi connectivity index (χ0n) is 13.9. The Hall–Kier alpha value is -2.60. The predicted molar refractivity (Wildman–Crippen MR) is 99.0 cm³/mol. The average Bonchev–Trinajstić information content (AvgIpc) is 2.88. The van der Waals surface area contributed by atoms with Crippen LogP contribution >= 0.6 is 12.2 Å². The Labute approximate surface area is 146 Å². The van der Waals surface area contributed by atoms with Crippen LogP contribution in [0.25, 0.3) is 11.0 Å². The van der Waals surface area contributed by atoms with E-state index in [0.29, 0.717) is 23.0 Å². The Bertz CT molecular complexity index is 918. The Morgan fingerprint density at radius 2 is 1.83 bits per heavy atom. The van der Waals surface area contributed by atoms with Crippen LogP contribution in [0.2, 0.25) is 0 Å². The molecule has 1 aromatic heterocycles. The fourth-order valence-corrected chi connectivity index (χ4v) is 3.04. The first kappa shape index (κ1) is 16.3. The van der Waals surface area contributed by atoms with E-state index in [1.165, 1.54) is 0 Å². The smallest absolute Gasteiger partial charge is 0.163 e. The molecule has 3 aromatic rings. The van der Waals surface area contributed by atoms with Gasteiger partial charge in [0.05, 0.1) is 31.8 Å². The molecule has 0 saturated heterocycles. The summed E-state index contributed by atoms with van der Waals surface area (Å²) in [6, 6.07) is 11.7.